The Labute approximate surface area is 165 Å². The molecule has 6 heteroatoms. The minimum atomic E-state index is -0.371. The Morgan fingerprint density at radius 1 is 1.18 bits per heavy atom. The van der Waals surface area contributed by atoms with Crippen LogP contribution in [0.1, 0.15) is 23.1 Å². The number of hydrogen-bond donors (Lipinski definition) is 1. The summed E-state index contributed by atoms with van der Waals surface area (Å²) in [6.07, 6.45) is 0.217. The van der Waals surface area contributed by atoms with Gasteiger partial charge in [-0.15, -0.1) is 0 Å². The third-order valence-corrected chi connectivity index (χ3v) is 5.30. The van der Waals surface area contributed by atoms with Crippen LogP contribution in [0.3, 0.4) is 0 Å². The monoisotopic (exact) mass is 382 g/mol. The van der Waals surface area contributed by atoms with E-state index in [1.165, 1.54) is 0 Å². The minimum absolute atomic E-state index is 0.0205. The number of anilines is 1. The molecule has 1 unspecified atom stereocenters. The number of carbonyl (C=O) groups is 2. The van der Waals surface area contributed by atoms with Gasteiger partial charge in [0.2, 0.25) is 11.8 Å². The van der Waals surface area contributed by atoms with Gasteiger partial charge in [0.05, 0.1) is 20.1 Å². The topological polar surface area (TPSA) is 67.9 Å². The number of carbonyl (C=O) groups excluding carboxylic acids is 2. The SMILES string of the molecule is COc1ccc(OC)c(CNC(=O)C2CC(=O)N(c3cccc(C)c3C)C2)c1. The summed E-state index contributed by atoms with van der Waals surface area (Å²) in [6.45, 7) is 4.73. The lowest BCUT2D eigenvalue weighted by Gasteiger charge is -2.20. The maximum atomic E-state index is 12.7. The smallest absolute Gasteiger partial charge is 0.227 e. The number of methoxy groups -OCH3 is 2. The molecule has 1 aliphatic rings. The number of benzene rings is 2. The number of amides is 2. The Bertz CT molecular complexity index is 894. The van der Waals surface area contributed by atoms with Crippen LogP contribution in [0, 0.1) is 19.8 Å². The van der Waals surface area contributed by atoms with Crippen LogP contribution in [-0.4, -0.2) is 32.6 Å². The normalized spacial score (nSPS) is 16.2. The van der Waals surface area contributed by atoms with Gasteiger partial charge in [-0.05, 0) is 49.2 Å². The lowest BCUT2D eigenvalue weighted by molar-refractivity contribution is -0.126. The standard InChI is InChI=1S/C22H26N2O4/c1-14-6-5-7-19(15(14)2)24-13-17(11-21(24)25)22(26)23-12-16-10-18(27-3)8-9-20(16)28-4/h5-10,17H,11-13H2,1-4H3,(H,23,26). The fourth-order valence-corrected chi connectivity index (χ4v) is 3.49. The van der Waals surface area contributed by atoms with Crippen molar-refractivity contribution in [1.82, 2.24) is 5.32 Å². The third kappa shape index (κ3) is 3.96. The van der Waals surface area contributed by atoms with Crippen molar-refractivity contribution in [3.63, 3.8) is 0 Å². The summed E-state index contributed by atoms with van der Waals surface area (Å²) in [5.41, 5.74) is 3.90. The van der Waals surface area contributed by atoms with E-state index in [1.54, 1.807) is 19.1 Å². The highest BCUT2D eigenvalue weighted by Crippen LogP contribution is 2.30. The third-order valence-electron chi connectivity index (χ3n) is 5.30. The van der Waals surface area contributed by atoms with Gasteiger partial charge >= 0.3 is 0 Å². The van der Waals surface area contributed by atoms with E-state index < -0.39 is 0 Å². The molecule has 0 bridgehead atoms. The number of aryl methyl sites for hydroxylation is 1. The molecule has 1 aliphatic heterocycles. The number of ether oxygens (including phenoxy) is 2. The molecular formula is C22H26N2O4. The fourth-order valence-electron chi connectivity index (χ4n) is 3.49. The molecule has 0 spiro atoms. The summed E-state index contributed by atoms with van der Waals surface area (Å²) < 4.78 is 10.6. The first-order chi connectivity index (χ1) is 13.4. The van der Waals surface area contributed by atoms with Crippen molar-refractivity contribution in [3.8, 4) is 11.5 Å². The van der Waals surface area contributed by atoms with E-state index in [0.29, 0.717) is 24.6 Å². The number of nitrogens with zero attached hydrogens (tertiary/aromatic N) is 1. The van der Waals surface area contributed by atoms with Gasteiger partial charge in [-0.1, -0.05) is 12.1 Å². The molecule has 148 valence electrons. The van der Waals surface area contributed by atoms with Gasteiger partial charge in [-0.3, -0.25) is 9.59 Å². The van der Waals surface area contributed by atoms with E-state index in [0.717, 1.165) is 22.4 Å². The molecule has 6 nitrogen and oxygen atoms in total. The maximum absolute atomic E-state index is 12.7. The summed E-state index contributed by atoms with van der Waals surface area (Å²) in [6, 6.07) is 11.3. The van der Waals surface area contributed by atoms with Crippen LogP contribution in [0.15, 0.2) is 36.4 Å². The Hall–Kier alpha value is -3.02. The second kappa shape index (κ2) is 8.33. The van der Waals surface area contributed by atoms with E-state index in [9.17, 15) is 9.59 Å². The first-order valence-electron chi connectivity index (χ1n) is 9.29. The Morgan fingerprint density at radius 2 is 1.96 bits per heavy atom. The number of rotatable bonds is 6. The molecule has 2 aromatic rings. The maximum Gasteiger partial charge on any atom is 0.227 e. The zero-order valence-electron chi connectivity index (χ0n) is 16.7. The van der Waals surface area contributed by atoms with Gasteiger partial charge in [0.1, 0.15) is 11.5 Å². The van der Waals surface area contributed by atoms with E-state index in [2.05, 4.69) is 5.32 Å². The zero-order chi connectivity index (χ0) is 20.3. The molecule has 0 saturated carbocycles. The summed E-state index contributed by atoms with van der Waals surface area (Å²) in [5.74, 6) is 0.852. The van der Waals surface area contributed by atoms with Gasteiger partial charge in [0.25, 0.3) is 0 Å². The number of hydrogen-bond acceptors (Lipinski definition) is 4. The van der Waals surface area contributed by atoms with Crippen LogP contribution in [0.2, 0.25) is 0 Å². The second-order valence-electron chi connectivity index (χ2n) is 7.02. The van der Waals surface area contributed by atoms with Crippen LogP contribution >= 0.6 is 0 Å². The quantitative estimate of drug-likeness (QED) is 0.834. The first-order valence-corrected chi connectivity index (χ1v) is 9.29. The molecule has 3 rings (SSSR count). The van der Waals surface area contributed by atoms with Crippen LogP contribution in [-0.2, 0) is 16.1 Å². The van der Waals surface area contributed by atoms with Gasteiger partial charge in [0.15, 0.2) is 0 Å². The highest BCUT2D eigenvalue weighted by Gasteiger charge is 2.35. The van der Waals surface area contributed by atoms with Crippen molar-refractivity contribution in [2.24, 2.45) is 5.92 Å². The summed E-state index contributed by atoms with van der Waals surface area (Å²) in [7, 11) is 3.18. The summed E-state index contributed by atoms with van der Waals surface area (Å²) in [4.78, 5) is 26.9. The Balaban J connectivity index is 1.68. The van der Waals surface area contributed by atoms with Crippen molar-refractivity contribution in [1.29, 1.82) is 0 Å². The largest absolute Gasteiger partial charge is 0.497 e. The zero-order valence-corrected chi connectivity index (χ0v) is 16.7. The van der Waals surface area contributed by atoms with Crippen LogP contribution in [0.4, 0.5) is 5.69 Å². The van der Waals surface area contributed by atoms with Crippen molar-refractivity contribution >= 4 is 17.5 Å². The van der Waals surface area contributed by atoms with Crippen molar-refractivity contribution < 1.29 is 19.1 Å². The first kappa shape index (κ1) is 19.7. The molecule has 0 radical (unpaired) electrons. The molecule has 2 amide bonds. The predicted octanol–water partition coefficient (Wildman–Crippen LogP) is 2.99. The van der Waals surface area contributed by atoms with Crippen LogP contribution in [0.25, 0.3) is 0 Å². The van der Waals surface area contributed by atoms with E-state index in [-0.39, 0.29) is 24.2 Å². The molecule has 1 saturated heterocycles. The second-order valence-corrected chi connectivity index (χ2v) is 7.02. The average Bonchev–Trinajstić information content (AvgIpc) is 3.09. The molecule has 28 heavy (non-hydrogen) atoms. The van der Waals surface area contributed by atoms with Gasteiger partial charge < -0.3 is 19.7 Å². The average molecular weight is 382 g/mol. The molecular weight excluding hydrogens is 356 g/mol. The lowest BCUT2D eigenvalue weighted by atomic mass is 10.1. The van der Waals surface area contributed by atoms with Crippen molar-refractivity contribution in [2.45, 2.75) is 26.8 Å². The minimum Gasteiger partial charge on any atom is -0.497 e. The molecule has 1 atom stereocenters. The van der Waals surface area contributed by atoms with E-state index >= 15 is 0 Å². The molecule has 1 heterocycles. The Morgan fingerprint density at radius 3 is 2.68 bits per heavy atom. The Kier molecular flexibility index (Phi) is 5.87. The molecule has 1 N–H and O–H groups in total. The lowest BCUT2D eigenvalue weighted by Crippen LogP contribution is -2.33. The summed E-state index contributed by atoms with van der Waals surface area (Å²) >= 11 is 0. The van der Waals surface area contributed by atoms with Gasteiger partial charge in [-0.2, -0.15) is 0 Å². The van der Waals surface area contributed by atoms with Gasteiger partial charge in [-0.25, -0.2) is 0 Å². The molecule has 0 aliphatic carbocycles. The van der Waals surface area contributed by atoms with Gasteiger partial charge in [0, 0.05) is 30.8 Å². The fraction of sp³-hybridized carbons (Fsp3) is 0.364. The highest BCUT2D eigenvalue weighted by molar-refractivity contribution is 6.00. The van der Waals surface area contributed by atoms with Crippen molar-refractivity contribution in [2.75, 3.05) is 25.7 Å². The van der Waals surface area contributed by atoms with E-state index in [1.807, 2.05) is 50.2 Å². The summed E-state index contributed by atoms with van der Waals surface area (Å²) in [5, 5.41) is 2.93. The van der Waals surface area contributed by atoms with E-state index in [4.69, 9.17) is 9.47 Å². The molecule has 2 aromatic carbocycles. The van der Waals surface area contributed by atoms with Crippen molar-refractivity contribution in [3.05, 3.63) is 53.1 Å². The van der Waals surface area contributed by atoms with Crippen LogP contribution < -0.4 is 19.7 Å². The number of nitrogens with one attached hydrogen (secondary N) is 1. The molecule has 1 fully saturated rings. The molecule has 0 aromatic heterocycles. The van der Waals surface area contributed by atoms with Crippen LogP contribution in [0.5, 0.6) is 11.5 Å². The predicted molar refractivity (Wildman–Crippen MR) is 108 cm³/mol. The highest BCUT2D eigenvalue weighted by atomic mass is 16.5.